The van der Waals surface area contributed by atoms with E-state index in [4.69, 9.17) is 9.47 Å². The molecular formula is C16H31N3O4. The van der Waals surface area contributed by atoms with Crippen molar-refractivity contribution in [3.8, 4) is 0 Å². The van der Waals surface area contributed by atoms with E-state index in [0.29, 0.717) is 12.6 Å². The van der Waals surface area contributed by atoms with Crippen LogP contribution in [-0.4, -0.2) is 68.4 Å². The van der Waals surface area contributed by atoms with Crippen molar-refractivity contribution in [2.45, 2.75) is 51.7 Å². The van der Waals surface area contributed by atoms with Gasteiger partial charge in [0.25, 0.3) is 0 Å². The number of nitrogens with zero attached hydrogens (tertiary/aromatic N) is 1. The van der Waals surface area contributed by atoms with Crippen LogP contribution in [0.15, 0.2) is 0 Å². The van der Waals surface area contributed by atoms with Gasteiger partial charge in [-0.05, 0) is 46.6 Å². The molecule has 0 bridgehead atoms. The molecule has 0 aliphatic carbocycles. The Morgan fingerprint density at radius 1 is 1.17 bits per heavy atom. The molecule has 134 valence electrons. The molecule has 2 N–H and O–H groups in total. The highest BCUT2D eigenvalue weighted by Gasteiger charge is 2.22. The molecule has 1 heterocycles. The standard InChI is InChI=1S/C16H31N3O4/c1-16(2,3)23-15(21)18-9-5-8-17-13-6-10-19(11-7-13)14(20)12-22-4/h13,17H,5-12H2,1-4H3,(H,18,21). The van der Waals surface area contributed by atoms with Gasteiger partial charge >= 0.3 is 6.09 Å². The second-order valence-corrected chi connectivity index (χ2v) is 6.82. The number of methoxy groups -OCH3 is 1. The molecule has 0 radical (unpaired) electrons. The Kier molecular flexibility index (Phi) is 8.33. The summed E-state index contributed by atoms with van der Waals surface area (Å²) in [6.07, 6.45) is 2.38. The Bertz CT molecular complexity index is 374. The predicted octanol–water partition coefficient (Wildman–Crippen LogP) is 1.13. The van der Waals surface area contributed by atoms with Gasteiger partial charge < -0.3 is 25.0 Å². The predicted molar refractivity (Wildman–Crippen MR) is 88.3 cm³/mol. The number of hydrogen-bond donors (Lipinski definition) is 2. The highest BCUT2D eigenvalue weighted by Crippen LogP contribution is 2.10. The first-order valence-corrected chi connectivity index (χ1v) is 8.29. The highest BCUT2D eigenvalue weighted by molar-refractivity contribution is 5.77. The van der Waals surface area contributed by atoms with Gasteiger partial charge in [-0.15, -0.1) is 0 Å². The van der Waals surface area contributed by atoms with Crippen LogP contribution >= 0.6 is 0 Å². The van der Waals surface area contributed by atoms with Crippen molar-refractivity contribution in [2.75, 3.05) is 39.9 Å². The van der Waals surface area contributed by atoms with Crippen LogP contribution in [0.4, 0.5) is 4.79 Å². The summed E-state index contributed by atoms with van der Waals surface area (Å²) in [7, 11) is 1.54. The Morgan fingerprint density at radius 2 is 1.83 bits per heavy atom. The number of amides is 2. The molecule has 0 aromatic carbocycles. The maximum Gasteiger partial charge on any atom is 0.407 e. The van der Waals surface area contributed by atoms with Gasteiger partial charge in [0.05, 0.1) is 0 Å². The third-order valence-corrected chi connectivity index (χ3v) is 3.57. The summed E-state index contributed by atoms with van der Waals surface area (Å²) in [6.45, 7) is 8.67. The lowest BCUT2D eigenvalue weighted by atomic mass is 10.0. The van der Waals surface area contributed by atoms with E-state index in [2.05, 4.69) is 10.6 Å². The number of piperidine rings is 1. The average Bonchev–Trinajstić information content (AvgIpc) is 2.46. The molecule has 23 heavy (non-hydrogen) atoms. The van der Waals surface area contributed by atoms with Gasteiger partial charge in [-0.25, -0.2) is 4.79 Å². The van der Waals surface area contributed by atoms with Crippen molar-refractivity contribution in [3.05, 3.63) is 0 Å². The van der Waals surface area contributed by atoms with Gasteiger partial charge in [0.15, 0.2) is 0 Å². The maximum atomic E-state index is 11.7. The molecule has 0 saturated carbocycles. The van der Waals surface area contributed by atoms with Gasteiger partial charge in [0.1, 0.15) is 12.2 Å². The molecule has 0 unspecified atom stereocenters. The molecule has 2 amide bonds. The number of carbonyl (C=O) groups excluding carboxylic acids is 2. The molecular weight excluding hydrogens is 298 g/mol. The van der Waals surface area contributed by atoms with E-state index in [1.54, 1.807) is 0 Å². The lowest BCUT2D eigenvalue weighted by molar-refractivity contribution is -0.136. The van der Waals surface area contributed by atoms with Crippen LogP contribution in [0.3, 0.4) is 0 Å². The summed E-state index contributed by atoms with van der Waals surface area (Å²) in [6, 6.07) is 0.433. The van der Waals surface area contributed by atoms with Gasteiger partial charge in [0.2, 0.25) is 5.91 Å². The number of nitrogens with one attached hydrogen (secondary N) is 2. The second kappa shape index (κ2) is 9.72. The van der Waals surface area contributed by atoms with Crippen LogP contribution in [-0.2, 0) is 14.3 Å². The van der Waals surface area contributed by atoms with Crippen molar-refractivity contribution in [3.63, 3.8) is 0 Å². The third-order valence-electron chi connectivity index (χ3n) is 3.57. The van der Waals surface area contributed by atoms with Crippen LogP contribution in [0, 0.1) is 0 Å². The van der Waals surface area contributed by atoms with Gasteiger partial charge in [-0.1, -0.05) is 0 Å². The van der Waals surface area contributed by atoms with Crippen LogP contribution in [0.25, 0.3) is 0 Å². The minimum absolute atomic E-state index is 0.0625. The molecule has 0 atom stereocenters. The van der Waals surface area contributed by atoms with Gasteiger partial charge in [0, 0.05) is 32.8 Å². The zero-order valence-electron chi connectivity index (χ0n) is 14.8. The summed E-state index contributed by atoms with van der Waals surface area (Å²) in [5.41, 5.74) is -0.462. The minimum Gasteiger partial charge on any atom is -0.444 e. The van der Waals surface area contributed by atoms with Crippen LogP contribution in [0.5, 0.6) is 0 Å². The van der Waals surface area contributed by atoms with E-state index in [-0.39, 0.29) is 18.6 Å². The Balaban J connectivity index is 2.05. The van der Waals surface area contributed by atoms with E-state index in [0.717, 1.165) is 38.9 Å². The molecule has 7 heteroatoms. The monoisotopic (exact) mass is 329 g/mol. The molecule has 7 nitrogen and oxygen atoms in total. The van der Waals surface area contributed by atoms with Gasteiger partial charge in [-0.3, -0.25) is 4.79 Å². The summed E-state index contributed by atoms with van der Waals surface area (Å²) < 4.78 is 10.0. The number of ether oxygens (including phenoxy) is 2. The van der Waals surface area contributed by atoms with Crippen molar-refractivity contribution in [2.24, 2.45) is 0 Å². The molecule has 0 aromatic heterocycles. The Morgan fingerprint density at radius 3 is 2.39 bits per heavy atom. The third kappa shape index (κ3) is 8.76. The molecule has 1 fully saturated rings. The topological polar surface area (TPSA) is 79.9 Å². The summed E-state index contributed by atoms with van der Waals surface area (Å²) in [5.74, 6) is 0.0625. The van der Waals surface area contributed by atoms with Crippen molar-refractivity contribution in [1.82, 2.24) is 15.5 Å². The van der Waals surface area contributed by atoms with Crippen LogP contribution < -0.4 is 10.6 Å². The first-order valence-electron chi connectivity index (χ1n) is 8.29. The normalized spacial score (nSPS) is 16.3. The fourth-order valence-electron chi connectivity index (χ4n) is 2.45. The van der Waals surface area contributed by atoms with Crippen molar-refractivity contribution in [1.29, 1.82) is 0 Å². The number of hydrogen-bond acceptors (Lipinski definition) is 5. The highest BCUT2D eigenvalue weighted by atomic mass is 16.6. The SMILES string of the molecule is COCC(=O)N1CCC(NCCCNC(=O)OC(C)(C)C)CC1. The fraction of sp³-hybridized carbons (Fsp3) is 0.875. The molecule has 1 rings (SSSR count). The molecule has 0 aromatic rings. The molecule has 0 spiro atoms. The quantitative estimate of drug-likeness (QED) is 0.685. The summed E-state index contributed by atoms with van der Waals surface area (Å²) >= 11 is 0. The van der Waals surface area contributed by atoms with E-state index >= 15 is 0 Å². The number of rotatable bonds is 7. The smallest absolute Gasteiger partial charge is 0.407 e. The summed E-state index contributed by atoms with van der Waals surface area (Å²) in [4.78, 5) is 25.0. The van der Waals surface area contributed by atoms with Crippen molar-refractivity contribution < 1.29 is 19.1 Å². The van der Waals surface area contributed by atoms with Crippen LogP contribution in [0.2, 0.25) is 0 Å². The lowest BCUT2D eigenvalue weighted by Gasteiger charge is -2.32. The Hall–Kier alpha value is -1.34. The molecule has 1 saturated heterocycles. The van der Waals surface area contributed by atoms with E-state index in [9.17, 15) is 9.59 Å². The Labute approximate surface area is 139 Å². The number of alkyl carbamates (subject to hydrolysis) is 1. The van der Waals surface area contributed by atoms with Gasteiger partial charge in [-0.2, -0.15) is 0 Å². The first kappa shape index (κ1) is 19.7. The van der Waals surface area contributed by atoms with E-state index < -0.39 is 5.60 Å². The van der Waals surface area contributed by atoms with Crippen molar-refractivity contribution >= 4 is 12.0 Å². The molecule has 1 aliphatic rings. The lowest BCUT2D eigenvalue weighted by Crippen LogP contribution is -2.46. The zero-order valence-corrected chi connectivity index (χ0v) is 14.8. The van der Waals surface area contributed by atoms with Crippen LogP contribution in [0.1, 0.15) is 40.0 Å². The number of likely N-dealkylation sites (tertiary alicyclic amines) is 1. The average molecular weight is 329 g/mol. The fourth-order valence-corrected chi connectivity index (χ4v) is 2.45. The maximum absolute atomic E-state index is 11.7. The zero-order chi connectivity index (χ0) is 17.3. The second-order valence-electron chi connectivity index (χ2n) is 6.82. The minimum atomic E-state index is -0.462. The van der Waals surface area contributed by atoms with E-state index in [1.165, 1.54) is 7.11 Å². The largest absolute Gasteiger partial charge is 0.444 e. The summed E-state index contributed by atoms with van der Waals surface area (Å²) in [5, 5.41) is 6.22. The van der Waals surface area contributed by atoms with E-state index in [1.807, 2.05) is 25.7 Å². The first-order chi connectivity index (χ1) is 10.8. The number of carbonyl (C=O) groups is 2. The molecule has 1 aliphatic heterocycles.